The first kappa shape index (κ1) is 43.5. The fourth-order valence-corrected chi connectivity index (χ4v) is 5.81. The molecule has 3 atom stereocenters. The summed E-state index contributed by atoms with van der Waals surface area (Å²) in [6.07, 6.45) is 39.6. The minimum atomic E-state index is -0.889. The monoisotopic (exact) mass is 627 g/mol. The third-order valence-corrected chi connectivity index (χ3v) is 8.80. The van der Waals surface area contributed by atoms with Gasteiger partial charge in [0.1, 0.15) is 6.10 Å². The lowest BCUT2D eigenvalue weighted by molar-refractivity contribution is -0.191. The van der Waals surface area contributed by atoms with Crippen molar-refractivity contribution >= 4 is 0 Å². The van der Waals surface area contributed by atoms with Gasteiger partial charge in [-0.2, -0.15) is 0 Å². The molecular formula is C39H78O5. The second-order valence-corrected chi connectivity index (χ2v) is 13.3. The number of rotatable bonds is 37. The lowest BCUT2D eigenvalue weighted by Crippen LogP contribution is -2.31. The van der Waals surface area contributed by atoms with Crippen molar-refractivity contribution in [1.29, 1.82) is 0 Å². The van der Waals surface area contributed by atoms with E-state index in [9.17, 15) is 15.3 Å². The van der Waals surface area contributed by atoms with E-state index in [0.29, 0.717) is 12.8 Å². The molecule has 0 aliphatic rings. The van der Waals surface area contributed by atoms with Gasteiger partial charge in [-0.25, -0.2) is 0 Å². The Morgan fingerprint density at radius 3 is 1.18 bits per heavy atom. The molecule has 0 radical (unpaired) electrons. The van der Waals surface area contributed by atoms with E-state index in [1.54, 1.807) is 0 Å². The van der Waals surface area contributed by atoms with Gasteiger partial charge in [0, 0.05) is 0 Å². The molecule has 44 heavy (non-hydrogen) atoms. The van der Waals surface area contributed by atoms with E-state index in [1.165, 1.54) is 148 Å². The Morgan fingerprint density at radius 1 is 0.455 bits per heavy atom. The highest BCUT2D eigenvalue weighted by atomic mass is 16.6. The standard InChI is InChI=1S/C39H78O5/c1-3-5-7-9-11-13-15-17-19-21-23-25-27-29-31-33-38(41)43-36-37(35-40)44-39(42)34-32-30-28-26-24-22-20-18-16-14-12-10-8-6-4-2/h19,21,37-42H,3-18,20,22-36H2,1-2H3/b21-19+/t37-,38-,39-/m0/s1. The van der Waals surface area contributed by atoms with E-state index < -0.39 is 18.7 Å². The van der Waals surface area contributed by atoms with Gasteiger partial charge in [-0.1, -0.05) is 167 Å². The molecule has 5 nitrogen and oxygen atoms in total. The van der Waals surface area contributed by atoms with Crippen molar-refractivity contribution in [2.45, 2.75) is 225 Å². The number of aliphatic hydroxyl groups is 3. The number of ether oxygens (including phenoxy) is 2. The number of allylic oxidation sites excluding steroid dienone is 2. The molecule has 0 spiro atoms. The van der Waals surface area contributed by atoms with Crippen molar-refractivity contribution in [2.24, 2.45) is 0 Å². The minimum Gasteiger partial charge on any atom is -0.394 e. The molecule has 0 aliphatic heterocycles. The van der Waals surface area contributed by atoms with Crippen LogP contribution in [0.1, 0.15) is 206 Å². The van der Waals surface area contributed by atoms with Gasteiger partial charge in [-0.15, -0.1) is 0 Å². The van der Waals surface area contributed by atoms with Gasteiger partial charge in [0.05, 0.1) is 13.2 Å². The summed E-state index contributed by atoms with van der Waals surface area (Å²) in [4.78, 5) is 0. The van der Waals surface area contributed by atoms with E-state index in [4.69, 9.17) is 9.47 Å². The molecule has 0 bridgehead atoms. The van der Waals surface area contributed by atoms with Gasteiger partial charge in [0.15, 0.2) is 12.6 Å². The second-order valence-electron chi connectivity index (χ2n) is 13.3. The summed E-state index contributed by atoms with van der Waals surface area (Å²) in [6, 6.07) is 0. The predicted octanol–water partition coefficient (Wildman–Crippen LogP) is 11.3. The van der Waals surface area contributed by atoms with Gasteiger partial charge < -0.3 is 24.8 Å². The normalized spacial score (nSPS) is 14.0. The highest BCUT2D eigenvalue weighted by Crippen LogP contribution is 2.15. The van der Waals surface area contributed by atoms with Crippen LogP contribution in [0.5, 0.6) is 0 Å². The molecule has 0 amide bonds. The van der Waals surface area contributed by atoms with Crippen LogP contribution in [0.4, 0.5) is 0 Å². The van der Waals surface area contributed by atoms with Crippen molar-refractivity contribution in [3.63, 3.8) is 0 Å². The quantitative estimate of drug-likeness (QED) is 0.0363. The van der Waals surface area contributed by atoms with Crippen molar-refractivity contribution in [2.75, 3.05) is 13.2 Å². The lowest BCUT2D eigenvalue weighted by atomic mass is 10.0. The van der Waals surface area contributed by atoms with Gasteiger partial charge in [-0.05, 0) is 51.4 Å². The summed E-state index contributed by atoms with van der Waals surface area (Å²) in [5.74, 6) is 0. The first-order valence-corrected chi connectivity index (χ1v) is 19.5. The third-order valence-electron chi connectivity index (χ3n) is 8.80. The van der Waals surface area contributed by atoms with Gasteiger partial charge >= 0.3 is 0 Å². The van der Waals surface area contributed by atoms with Crippen LogP contribution in [0, 0.1) is 0 Å². The van der Waals surface area contributed by atoms with E-state index in [0.717, 1.165) is 32.1 Å². The summed E-state index contributed by atoms with van der Waals surface area (Å²) in [6.45, 7) is 4.41. The highest BCUT2D eigenvalue weighted by Gasteiger charge is 2.16. The molecule has 0 aromatic rings. The van der Waals surface area contributed by atoms with E-state index in [2.05, 4.69) is 26.0 Å². The Hall–Kier alpha value is -0.460. The largest absolute Gasteiger partial charge is 0.394 e. The van der Waals surface area contributed by atoms with Crippen molar-refractivity contribution in [3.8, 4) is 0 Å². The van der Waals surface area contributed by atoms with Crippen molar-refractivity contribution in [1.82, 2.24) is 0 Å². The molecule has 0 heterocycles. The van der Waals surface area contributed by atoms with E-state index in [-0.39, 0.29) is 13.2 Å². The summed E-state index contributed by atoms with van der Waals surface area (Å²) in [5, 5.41) is 30.0. The zero-order valence-corrected chi connectivity index (χ0v) is 29.7. The Labute approximate surface area is 275 Å². The summed E-state index contributed by atoms with van der Waals surface area (Å²) in [5.41, 5.74) is 0. The van der Waals surface area contributed by atoms with Gasteiger partial charge in [-0.3, -0.25) is 0 Å². The molecule has 0 aromatic carbocycles. The Balaban J connectivity index is 3.53. The highest BCUT2D eigenvalue weighted by molar-refractivity contribution is 4.81. The zero-order chi connectivity index (χ0) is 32.2. The molecule has 0 unspecified atom stereocenters. The Kier molecular flexibility index (Phi) is 36.6. The van der Waals surface area contributed by atoms with Crippen LogP contribution >= 0.6 is 0 Å². The molecule has 0 saturated carbocycles. The molecule has 0 fully saturated rings. The van der Waals surface area contributed by atoms with E-state index >= 15 is 0 Å². The van der Waals surface area contributed by atoms with Gasteiger partial charge in [0.25, 0.3) is 0 Å². The molecular weight excluding hydrogens is 548 g/mol. The fourth-order valence-electron chi connectivity index (χ4n) is 5.81. The number of hydrogen-bond acceptors (Lipinski definition) is 5. The van der Waals surface area contributed by atoms with Crippen LogP contribution in [-0.4, -0.2) is 47.2 Å². The Bertz CT molecular complexity index is 555. The average molecular weight is 627 g/mol. The van der Waals surface area contributed by atoms with E-state index in [1.807, 2.05) is 0 Å². The number of unbranched alkanes of at least 4 members (excludes halogenated alkanes) is 25. The summed E-state index contributed by atoms with van der Waals surface area (Å²) in [7, 11) is 0. The number of aliphatic hydroxyl groups excluding tert-OH is 3. The van der Waals surface area contributed by atoms with Gasteiger partial charge in [0.2, 0.25) is 0 Å². The molecule has 0 saturated heterocycles. The fraction of sp³-hybridized carbons (Fsp3) is 0.949. The first-order valence-electron chi connectivity index (χ1n) is 19.5. The maximum Gasteiger partial charge on any atom is 0.155 e. The summed E-state index contributed by atoms with van der Waals surface area (Å²) >= 11 is 0. The minimum absolute atomic E-state index is 0.0944. The molecule has 0 aliphatic carbocycles. The maximum atomic E-state index is 10.2. The molecule has 264 valence electrons. The third kappa shape index (κ3) is 34.4. The Morgan fingerprint density at radius 2 is 0.795 bits per heavy atom. The molecule has 5 heteroatoms. The number of hydrogen-bond donors (Lipinski definition) is 3. The van der Waals surface area contributed by atoms with Crippen LogP contribution in [0.25, 0.3) is 0 Å². The van der Waals surface area contributed by atoms with Crippen molar-refractivity contribution in [3.05, 3.63) is 12.2 Å². The molecule has 0 rings (SSSR count). The average Bonchev–Trinajstić information content (AvgIpc) is 3.02. The van der Waals surface area contributed by atoms with Crippen LogP contribution in [0.2, 0.25) is 0 Å². The maximum absolute atomic E-state index is 10.2. The molecule has 3 N–H and O–H groups in total. The SMILES string of the molecule is CCCCCCCCC/C=C/CCCCCC[C@@H](O)OC[C@H](CO)O[C@H](O)CCCCCCCCCCCCCCCCC. The predicted molar refractivity (Wildman–Crippen MR) is 189 cm³/mol. The topological polar surface area (TPSA) is 79.2 Å². The van der Waals surface area contributed by atoms with Crippen LogP contribution in [-0.2, 0) is 9.47 Å². The van der Waals surface area contributed by atoms with Crippen molar-refractivity contribution < 1.29 is 24.8 Å². The second kappa shape index (κ2) is 37.0. The van der Waals surface area contributed by atoms with Crippen LogP contribution in [0.15, 0.2) is 12.2 Å². The first-order chi connectivity index (χ1) is 21.6. The van der Waals surface area contributed by atoms with Crippen LogP contribution < -0.4 is 0 Å². The van der Waals surface area contributed by atoms with Crippen LogP contribution in [0.3, 0.4) is 0 Å². The smallest absolute Gasteiger partial charge is 0.155 e. The summed E-state index contributed by atoms with van der Waals surface area (Å²) < 4.78 is 11.1. The lowest BCUT2D eigenvalue weighted by Gasteiger charge is -2.21. The molecule has 0 aromatic heterocycles. The zero-order valence-electron chi connectivity index (χ0n) is 29.7.